The quantitative estimate of drug-likeness (QED) is 0.802. The van der Waals surface area contributed by atoms with Crippen LogP contribution in [0.15, 0.2) is 47.4 Å². The molecule has 3 amide bonds. The molecule has 0 radical (unpaired) electrons. The average Bonchev–Trinajstić information content (AvgIpc) is 2.98. The van der Waals surface area contributed by atoms with Gasteiger partial charge in [-0.05, 0) is 55.5 Å². The van der Waals surface area contributed by atoms with E-state index in [1.165, 1.54) is 5.56 Å². The minimum Gasteiger partial charge on any atom is -0.333 e. The van der Waals surface area contributed by atoms with E-state index in [-0.39, 0.29) is 18.0 Å². The van der Waals surface area contributed by atoms with Crippen molar-refractivity contribution < 1.29 is 9.59 Å². The van der Waals surface area contributed by atoms with Crippen molar-refractivity contribution in [3.8, 4) is 0 Å². The van der Waals surface area contributed by atoms with Crippen molar-refractivity contribution in [2.24, 2.45) is 0 Å². The highest BCUT2D eigenvalue weighted by Gasteiger charge is 2.31. The summed E-state index contributed by atoms with van der Waals surface area (Å²) in [6, 6.07) is 13.2. The lowest BCUT2D eigenvalue weighted by Crippen LogP contribution is -2.39. The second-order valence-corrected chi connectivity index (χ2v) is 7.32. The number of thioether (sulfide) groups is 1. The van der Waals surface area contributed by atoms with Crippen molar-refractivity contribution in [3.05, 3.63) is 53.6 Å². The molecule has 0 aromatic heterocycles. The van der Waals surface area contributed by atoms with Gasteiger partial charge in [-0.2, -0.15) is 0 Å². The largest absolute Gasteiger partial charge is 0.333 e. The second kappa shape index (κ2) is 7.83. The van der Waals surface area contributed by atoms with E-state index in [1.54, 1.807) is 16.7 Å². The van der Waals surface area contributed by atoms with E-state index >= 15 is 0 Å². The Morgan fingerprint density at radius 3 is 2.65 bits per heavy atom. The maximum atomic E-state index is 12.4. The molecule has 0 unspecified atom stereocenters. The maximum Gasteiger partial charge on any atom is 0.319 e. The summed E-state index contributed by atoms with van der Waals surface area (Å²) in [5, 5.41) is 5.79. The highest BCUT2D eigenvalue weighted by molar-refractivity contribution is 7.98. The normalized spacial score (nSPS) is 16.7. The van der Waals surface area contributed by atoms with Gasteiger partial charge in [0.1, 0.15) is 0 Å². The van der Waals surface area contributed by atoms with Gasteiger partial charge in [0.25, 0.3) is 0 Å². The van der Waals surface area contributed by atoms with E-state index in [1.807, 2.05) is 62.6 Å². The molecule has 6 heteroatoms. The van der Waals surface area contributed by atoms with Gasteiger partial charge in [-0.25, -0.2) is 4.79 Å². The fourth-order valence-electron chi connectivity index (χ4n) is 3.04. The Kier molecular flexibility index (Phi) is 5.52. The van der Waals surface area contributed by atoms with Gasteiger partial charge in [0.15, 0.2) is 0 Å². The molecule has 0 bridgehead atoms. The number of hydrogen-bond acceptors (Lipinski definition) is 3. The predicted molar refractivity (Wildman–Crippen MR) is 107 cm³/mol. The van der Waals surface area contributed by atoms with Crippen molar-refractivity contribution in [1.82, 2.24) is 5.32 Å². The molecule has 2 aromatic carbocycles. The molecule has 0 spiro atoms. The predicted octanol–water partition coefficient (Wildman–Crippen LogP) is 3.95. The third-order valence-corrected chi connectivity index (χ3v) is 5.41. The molecule has 1 aliphatic rings. The van der Waals surface area contributed by atoms with Crippen LogP contribution in [0.4, 0.5) is 16.2 Å². The molecule has 1 saturated heterocycles. The summed E-state index contributed by atoms with van der Waals surface area (Å²) in [6.45, 7) is 4.57. The molecule has 26 heavy (non-hydrogen) atoms. The molecular weight excluding hydrogens is 346 g/mol. The smallest absolute Gasteiger partial charge is 0.319 e. The van der Waals surface area contributed by atoms with Crippen LogP contribution >= 0.6 is 11.8 Å². The Morgan fingerprint density at radius 2 is 1.92 bits per heavy atom. The molecule has 5 nitrogen and oxygen atoms in total. The fourth-order valence-corrected chi connectivity index (χ4v) is 3.59. The molecule has 1 heterocycles. The number of carbonyl (C=O) groups excluding carboxylic acids is 2. The van der Waals surface area contributed by atoms with Crippen molar-refractivity contribution >= 4 is 35.1 Å². The Hall–Kier alpha value is -2.47. The number of urea groups is 1. The van der Waals surface area contributed by atoms with E-state index in [0.717, 1.165) is 21.8 Å². The summed E-state index contributed by atoms with van der Waals surface area (Å²) < 4.78 is 0. The van der Waals surface area contributed by atoms with Gasteiger partial charge in [0.05, 0.1) is 11.7 Å². The van der Waals surface area contributed by atoms with Gasteiger partial charge < -0.3 is 15.5 Å². The van der Waals surface area contributed by atoms with E-state index in [2.05, 4.69) is 10.6 Å². The first kappa shape index (κ1) is 18.3. The first-order valence-corrected chi connectivity index (χ1v) is 9.78. The third kappa shape index (κ3) is 4.02. The number of nitrogens with zero attached hydrogens (tertiary/aromatic N) is 1. The van der Waals surface area contributed by atoms with Gasteiger partial charge in [-0.1, -0.05) is 18.2 Å². The zero-order chi connectivity index (χ0) is 18.7. The molecule has 1 fully saturated rings. The summed E-state index contributed by atoms with van der Waals surface area (Å²) in [4.78, 5) is 27.4. The lowest BCUT2D eigenvalue weighted by Gasteiger charge is -2.19. The lowest BCUT2D eigenvalue weighted by molar-refractivity contribution is -0.117. The summed E-state index contributed by atoms with van der Waals surface area (Å²) in [6.07, 6.45) is 2.28. The maximum absolute atomic E-state index is 12.4. The number of aryl methyl sites for hydroxylation is 2. The van der Waals surface area contributed by atoms with Crippen LogP contribution < -0.4 is 15.5 Å². The van der Waals surface area contributed by atoms with Gasteiger partial charge in [0.2, 0.25) is 5.91 Å². The van der Waals surface area contributed by atoms with E-state index in [9.17, 15) is 9.59 Å². The zero-order valence-corrected chi connectivity index (χ0v) is 16.0. The zero-order valence-electron chi connectivity index (χ0n) is 15.2. The Morgan fingerprint density at radius 1 is 1.15 bits per heavy atom. The van der Waals surface area contributed by atoms with Crippen LogP contribution in [0.2, 0.25) is 0 Å². The standard InChI is InChI=1S/C20H23N3O2S/c1-13-8-9-16(10-14(13)2)23-12-15(11-19(23)24)21-20(25)22-17-6-4-5-7-18(17)26-3/h4-10,15H,11-12H2,1-3H3,(H2,21,22,25)/t15-/m1/s1. The highest BCUT2D eigenvalue weighted by Crippen LogP contribution is 2.26. The summed E-state index contributed by atoms with van der Waals surface area (Å²) in [7, 11) is 0. The Balaban J connectivity index is 1.63. The number of nitrogens with one attached hydrogen (secondary N) is 2. The van der Waals surface area contributed by atoms with E-state index in [0.29, 0.717) is 13.0 Å². The molecule has 3 rings (SSSR count). The number of amides is 3. The summed E-state index contributed by atoms with van der Waals surface area (Å²) >= 11 is 1.58. The molecule has 2 N–H and O–H groups in total. The van der Waals surface area contributed by atoms with Crippen LogP contribution in [0.25, 0.3) is 0 Å². The molecule has 1 atom stereocenters. The SMILES string of the molecule is CSc1ccccc1NC(=O)N[C@@H]1CC(=O)N(c2ccc(C)c(C)c2)C1. The fraction of sp³-hybridized carbons (Fsp3) is 0.300. The summed E-state index contributed by atoms with van der Waals surface area (Å²) in [5.74, 6) is 0.0306. The van der Waals surface area contributed by atoms with Crippen LogP contribution in [-0.4, -0.2) is 30.8 Å². The van der Waals surface area contributed by atoms with Crippen LogP contribution in [-0.2, 0) is 4.79 Å². The third-order valence-electron chi connectivity index (χ3n) is 4.62. The van der Waals surface area contributed by atoms with Crippen molar-refractivity contribution in [3.63, 3.8) is 0 Å². The van der Waals surface area contributed by atoms with Crippen molar-refractivity contribution in [2.75, 3.05) is 23.0 Å². The van der Waals surface area contributed by atoms with Crippen molar-refractivity contribution in [2.45, 2.75) is 31.2 Å². The lowest BCUT2D eigenvalue weighted by atomic mass is 10.1. The number of anilines is 2. The Bertz CT molecular complexity index is 838. The number of benzene rings is 2. The topological polar surface area (TPSA) is 61.4 Å². The van der Waals surface area contributed by atoms with Crippen LogP contribution in [0.5, 0.6) is 0 Å². The van der Waals surface area contributed by atoms with Crippen molar-refractivity contribution in [1.29, 1.82) is 0 Å². The number of para-hydroxylation sites is 1. The van der Waals surface area contributed by atoms with Gasteiger partial charge in [0, 0.05) is 23.5 Å². The minimum absolute atomic E-state index is 0.0306. The molecule has 2 aromatic rings. The number of rotatable bonds is 4. The number of hydrogen-bond donors (Lipinski definition) is 2. The van der Waals surface area contributed by atoms with Gasteiger partial charge in [-0.15, -0.1) is 11.8 Å². The van der Waals surface area contributed by atoms with Gasteiger partial charge in [-0.3, -0.25) is 4.79 Å². The average molecular weight is 369 g/mol. The first-order valence-electron chi connectivity index (χ1n) is 8.56. The highest BCUT2D eigenvalue weighted by atomic mass is 32.2. The molecule has 1 aliphatic heterocycles. The van der Waals surface area contributed by atoms with Crippen LogP contribution in [0.1, 0.15) is 17.5 Å². The van der Waals surface area contributed by atoms with E-state index < -0.39 is 0 Å². The van der Waals surface area contributed by atoms with Crippen LogP contribution in [0.3, 0.4) is 0 Å². The monoisotopic (exact) mass is 369 g/mol. The minimum atomic E-state index is -0.286. The van der Waals surface area contributed by atoms with Gasteiger partial charge >= 0.3 is 6.03 Å². The summed E-state index contributed by atoms with van der Waals surface area (Å²) in [5.41, 5.74) is 4.00. The Labute approximate surface area is 158 Å². The van der Waals surface area contributed by atoms with Crippen LogP contribution in [0, 0.1) is 13.8 Å². The first-order chi connectivity index (χ1) is 12.5. The molecule has 136 valence electrons. The molecular formula is C20H23N3O2S. The molecule has 0 saturated carbocycles. The number of carbonyl (C=O) groups is 2. The second-order valence-electron chi connectivity index (χ2n) is 6.47. The van der Waals surface area contributed by atoms with E-state index in [4.69, 9.17) is 0 Å². The molecule has 0 aliphatic carbocycles.